The molecule has 1 rings (SSSR count). The summed E-state index contributed by atoms with van der Waals surface area (Å²) in [5.41, 5.74) is 5.79. The van der Waals surface area contributed by atoms with Gasteiger partial charge >= 0.3 is 5.97 Å². The number of carboxylic acids is 1. The molecule has 0 saturated carbocycles. The predicted molar refractivity (Wildman–Crippen MR) is 53.4 cm³/mol. The molecule has 0 unspecified atom stereocenters. The Morgan fingerprint density at radius 3 is 2.46 bits per heavy atom. The van der Waals surface area contributed by atoms with Crippen LogP contribution in [-0.2, 0) is 4.79 Å². The molecule has 0 heterocycles. The SMILES string of the molecule is O=C(O)C(=S)NNc1ccccc1. The molecule has 0 bridgehead atoms. The first-order valence-electron chi connectivity index (χ1n) is 3.54. The molecular weight excluding hydrogens is 188 g/mol. The molecule has 0 saturated heterocycles. The molecule has 13 heavy (non-hydrogen) atoms. The van der Waals surface area contributed by atoms with Gasteiger partial charge in [-0.15, -0.1) is 0 Å². The van der Waals surface area contributed by atoms with E-state index in [1.54, 1.807) is 12.1 Å². The number of anilines is 1. The fourth-order valence-electron chi connectivity index (χ4n) is 0.704. The molecular formula is C8H8N2O2S. The summed E-state index contributed by atoms with van der Waals surface area (Å²) in [5.74, 6) is -1.15. The molecule has 0 atom stereocenters. The predicted octanol–water partition coefficient (Wildman–Crippen LogP) is 1.02. The third-order valence-corrected chi connectivity index (χ3v) is 1.57. The second-order valence-electron chi connectivity index (χ2n) is 2.25. The number of hydrazine groups is 1. The number of para-hydroxylation sites is 1. The minimum absolute atomic E-state index is 0.260. The van der Waals surface area contributed by atoms with Crippen molar-refractivity contribution in [3.05, 3.63) is 30.3 Å². The largest absolute Gasteiger partial charge is 0.476 e. The summed E-state index contributed by atoms with van der Waals surface area (Å²) in [6.07, 6.45) is 0. The maximum atomic E-state index is 10.3. The van der Waals surface area contributed by atoms with Crippen molar-refractivity contribution in [1.29, 1.82) is 0 Å². The number of nitrogens with one attached hydrogen (secondary N) is 2. The molecule has 0 fully saturated rings. The van der Waals surface area contributed by atoms with E-state index in [0.29, 0.717) is 0 Å². The summed E-state index contributed by atoms with van der Waals surface area (Å²) in [4.78, 5) is 10.0. The number of hydrogen-bond donors (Lipinski definition) is 3. The highest BCUT2D eigenvalue weighted by Gasteiger charge is 2.03. The fraction of sp³-hybridized carbons (Fsp3) is 0. The Morgan fingerprint density at radius 1 is 1.31 bits per heavy atom. The minimum Gasteiger partial charge on any atom is -0.476 e. The van der Waals surface area contributed by atoms with Gasteiger partial charge in [0.15, 0.2) is 0 Å². The van der Waals surface area contributed by atoms with Crippen LogP contribution in [0.4, 0.5) is 5.69 Å². The van der Waals surface area contributed by atoms with Crippen molar-refractivity contribution in [2.24, 2.45) is 0 Å². The molecule has 0 aliphatic heterocycles. The first kappa shape index (κ1) is 9.47. The Kier molecular flexibility index (Phi) is 3.22. The zero-order chi connectivity index (χ0) is 9.68. The minimum atomic E-state index is -1.15. The number of thiocarbonyl (C=S) groups is 1. The summed E-state index contributed by atoms with van der Waals surface area (Å²) >= 11 is 4.50. The Bertz CT molecular complexity index is 313. The van der Waals surface area contributed by atoms with Gasteiger partial charge in [-0.25, -0.2) is 4.79 Å². The van der Waals surface area contributed by atoms with E-state index >= 15 is 0 Å². The molecule has 68 valence electrons. The van der Waals surface area contributed by atoms with Crippen LogP contribution in [0.3, 0.4) is 0 Å². The third-order valence-electron chi connectivity index (χ3n) is 1.29. The molecule has 0 spiro atoms. The van der Waals surface area contributed by atoms with Crippen LogP contribution in [0, 0.1) is 0 Å². The lowest BCUT2D eigenvalue weighted by Crippen LogP contribution is -2.33. The lowest BCUT2D eigenvalue weighted by molar-refractivity contribution is -0.129. The molecule has 0 aliphatic carbocycles. The third kappa shape index (κ3) is 3.08. The molecule has 1 aromatic carbocycles. The maximum Gasteiger partial charge on any atom is 0.365 e. The van der Waals surface area contributed by atoms with Crippen molar-refractivity contribution in [2.45, 2.75) is 0 Å². The Morgan fingerprint density at radius 2 is 1.92 bits per heavy atom. The van der Waals surface area contributed by atoms with E-state index in [-0.39, 0.29) is 4.99 Å². The van der Waals surface area contributed by atoms with E-state index in [2.05, 4.69) is 23.1 Å². The van der Waals surface area contributed by atoms with E-state index in [1.165, 1.54) is 0 Å². The van der Waals surface area contributed by atoms with E-state index < -0.39 is 5.97 Å². The van der Waals surface area contributed by atoms with Gasteiger partial charge < -0.3 is 5.11 Å². The first-order chi connectivity index (χ1) is 6.20. The Hall–Kier alpha value is -1.62. The standard InChI is InChI=1S/C8H8N2O2S/c11-8(12)7(13)10-9-6-4-2-1-3-5-6/h1-5,9H,(H,10,13)(H,11,12). The van der Waals surface area contributed by atoms with Gasteiger partial charge in [0, 0.05) is 0 Å². The molecule has 5 heteroatoms. The highest BCUT2D eigenvalue weighted by Crippen LogP contribution is 2.02. The number of benzene rings is 1. The van der Waals surface area contributed by atoms with Gasteiger partial charge in [0.25, 0.3) is 0 Å². The monoisotopic (exact) mass is 196 g/mol. The summed E-state index contributed by atoms with van der Waals surface area (Å²) in [5, 5.41) is 8.42. The van der Waals surface area contributed by atoms with Crippen molar-refractivity contribution in [1.82, 2.24) is 5.43 Å². The summed E-state index contributed by atoms with van der Waals surface area (Å²) in [6, 6.07) is 9.09. The van der Waals surface area contributed by atoms with Crippen LogP contribution in [0.5, 0.6) is 0 Å². The normalized spacial score (nSPS) is 8.92. The number of hydrogen-bond acceptors (Lipinski definition) is 3. The highest BCUT2D eigenvalue weighted by molar-refractivity contribution is 7.81. The number of rotatable bonds is 2. The van der Waals surface area contributed by atoms with Gasteiger partial charge in [-0.1, -0.05) is 30.4 Å². The quantitative estimate of drug-likeness (QED) is 0.487. The van der Waals surface area contributed by atoms with E-state index in [0.717, 1.165) is 5.69 Å². The lowest BCUT2D eigenvalue weighted by atomic mass is 10.3. The van der Waals surface area contributed by atoms with Gasteiger partial charge in [-0.3, -0.25) is 10.9 Å². The van der Waals surface area contributed by atoms with Crippen LogP contribution in [0.2, 0.25) is 0 Å². The zero-order valence-electron chi connectivity index (χ0n) is 6.65. The summed E-state index contributed by atoms with van der Waals surface area (Å²) < 4.78 is 0. The van der Waals surface area contributed by atoms with Gasteiger partial charge in [-0.2, -0.15) is 0 Å². The van der Waals surface area contributed by atoms with E-state index in [9.17, 15) is 4.79 Å². The Balaban J connectivity index is 2.44. The first-order valence-corrected chi connectivity index (χ1v) is 3.95. The Labute approximate surface area is 80.5 Å². The molecule has 4 nitrogen and oxygen atoms in total. The van der Waals surface area contributed by atoms with Crippen molar-refractivity contribution in [3.63, 3.8) is 0 Å². The van der Waals surface area contributed by atoms with Crippen molar-refractivity contribution in [2.75, 3.05) is 5.43 Å². The van der Waals surface area contributed by atoms with Crippen LogP contribution in [-0.4, -0.2) is 16.1 Å². The zero-order valence-corrected chi connectivity index (χ0v) is 7.47. The maximum absolute atomic E-state index is 10.3. The van der Waals surface area contributed by atoms with Crippen LogP contribution < -0.4 is 10.9 Å². The average molecular weight is 196 g/mol. The van der Waals surface area contributed by atoms with Gasteiger partial charge in [0.2, 0.25) is 4.99 Å². The average Bonchev–Trinajstić information content (AvgIpc) is 2.15. The topological polar surface area (TPSA) is 61.4 Å². The van der Waals surface area contributed by atoms with Gasteiger partial charge in [-0.05, 0) is 12.1 Å². The molecule has 0 amide bonds. The van der Waals surface area contributed by atoms with Gasteiger partial charge in [0.05, 0.1) is 5.69 Å². The summed E-state index contributed by atoms with van der Waals surface area (Å²) in [7, 11) is 0. The van der Waals surface area contributed by atoms with Crippen molar-refractivity contribution in [3.8, 4) is 0 Å². The van der Waals surface area contributed by atoms with Crippen LogP contribution in [0.25, 0.3) is 0 Å². The number of carbonyl (C=O) groups is 1. The second-order valence-corrected chi connectivity index (χ2v) is 2.66. The van der Waals surface area contributed by atoms with E-state index in [4.69, 9.17) is 5.11 Å². The van der Waals surface area contributed by atoms with Crippen molar-refractivity contribution >= 4 is 28.9 Å². The molecule has 0 aromatic heterocycles. The van der Waals surface area contributed by atoms with Crippen LogP contribution in [0.1, 0.15) is 0 Å². The van der Waals surface area contributed by atoms with Crippen LogP contribution in [0.15, 0.2) is 30.3 Å². The molecule has 3 N–H and O–H groups in total. The van der Waals surface area contributed by atoms with Crippen molar-refractivity contribution < 1.29 is 9.90 Å². The van der Waals surface area contributed by atoms with E-state index in [1.807, 2.05) is 18.2 Å². The molecule has 1 aromatic rings. The van der Waals surface area contributed by atoms with Crippen LogP contribution >= 0.6 is 12.2 Å². The molecule has 0 radical (unpaired) electrons. The summed E-state index contributed by atoms with van der Waals surface area (Å²) in [6.45, 7) is 0. The lowest BCUT2D eigenvalue weighted by Gasteiger charge is -2.06. The second kappa shape index (κ2) is 4.42. The molecule has 0 aliphatic rings. The number of carboxylic acid groups (broad SMARTS) is 1. The highest BCUT2D eigenvalue weighted by atomic mass is 32.1. The van der Waals surface area contributed by atoms with Gasteiger partial charge in [0.1, 0.15) is 0 Å². The number of aliphatic carboxylic acids is 1. The smallest absolute Gasteiger partial charge is 0.365 e. The fourth-order valence-corrected chi connectivity index (χ4v) is 0.755.